The van der Waals surface area contributed by atoms with Gasteiger partial charge in [0, 0.05) is 17.7 Å². The lowest BCUT2D eigenvalue weighted by Crippen LogP contribution is -2.38. The number of nitro benzene ring substituents is 1. The number of alkyl halides is 3. The number of hydrogen-bond acceptors (Lipinski definition) is 3. The molecule has 0 saturated heterocycles. The van der Waals surface area contributed by atoms with Crippen molar-refractivity contribution in [3.05, 3.63) is 87.5 Å². The van der Waals surface area contributed by atoms with Gasteiger partial charge in [0.1, 0.15) is 0 Å². The molecule has 1 N–H and O–H groups in total. The highest BCUT2D eigenvalue weighted by Gasteiger charge is 2.43. The molecule has 0 radical (unpaired) electrons. The molecule has 144 valence electrons. The predicted molar refractivity (Wildman–Crippen MR) is 98.0 cm³/mol. The van der Waals surface area contributed by atoms with Crippen LogP contribution in [-0.4, -0.2) is 17.0 Å². The van der Waals surface area contributed by atoms with Crippen LogP contribution in [0.5, 0.6) is 0 Å². The normalized spacial score (nSPS) is 12.6. The summed E-state index contributed by atoms with van der Waals surface area (Å²) < 4.78 is 41.4. The highest BCUT2D eigenvalue weighted by molar-refractivity contribution is 5.97. The van der Waals surface area contributed by atoms with Crippen LogP contribution in [0.1, 0.15) is 27.5 Å². The van der Waals surface area contributed by atoms with Crippen LogP contribution < -0.4 is 5.32 Å². The Hall–Kier alpha value is -3.42. The lowest BCUT2D eigenvalue weighted by atomic mass is 9.97. The Morgan fingerprint density at radius 1 is 1.07 bits per heavy atom. The van der Waals surface area contributed by atoms with Crippen LogP contribution in [0.15, 0.2) is 60.7 Å². The van der Waals surface area contributed by atoms with Crippen molar-refractivity contribution in [3.8, 4) is 0 Å². The zero-order valence-electron chi connectivity index (χ0n) is 14.7. The van der Waals surface area contributed by atoms with Crippen LogP contribution in [0.3, 0.4) is 0 Å². The quantitative estimate of drug-likeness (QED) is 0.500. The van der Waals surface area contributed by atoms with Crippen molar-refractivity contribution in [1.29, 1.82) is 0 Å². The van der Waals surface area contributed by atoms with Gasteiger partial charge in [-0.3, -0.25) is 14.9 Å². The first kappa shape index (κ1) is 19.3. The molecule has 1 atom stereocenters. The number of amides is 1. The van der Waals surface area contributed by atoms with Crippen molar-refractivity contribution in [2.75, 3.05) is 0 Å². The fourth-order valence-electron chi connectivity index (χ4n) is 3.02. The molecule has 3 aromatic rings. The first-order chi connectivity index (χ1) is 13.2. The summed E-state index contributed by atoms with van der Waals surface area (Å²) in [6, 6.07) is 12.3. The minimum Gasteiger partial charge on any atom is -0.337 e. The zero-order valence-corrected chi connectivity index (χ0v) is 14.7. The fourth-order valence-corrected chi connectivity index (χ4v) is 3.02. The van der Waals surface area contributed by atoms with Gasteiger partial charge in [-0.15, -0.1) is 0 Å². The fraction of sp³-hybridized carbons (Fsp3) is 0.150. The molecule has 0 aliphatic heterocycles. The van der Waals surface area contributed by atoms with Gasteiger partial charge in [0.15, 0.2) is 6.04 Å². The van der Waals surface area contributed by atoms with Gasteiger partial charge in [-0.05, 0) is 28.8 Å². The maximum Gasteiger partial charge on any atom is 0.412 e. The second kappa shape index (κ2) is 7.30. The Morgan fingerprint density at radius 2 is 1.75 bits per heavy atom. The minimum absolute atomic E-state index is 0.0953. The first-order valence-electron chi connectivity index (χ1n) is 8.29. The van der Waals surface area contributed by atoms with Crippen molar-refractivity contribution in [1.82, 2.24) is 5.32 Å². The van der Waals surface area contributed by atoms with E-state index in [1.54, 1.807) is 30.3 Å². The average molecular weight is 388 g/mol. The average Bonchev–Trinajstić information content (AvgIpc) is 2.65. The molecule has 3 aromatic carbocycles. The Kier molecular flexibility index (Phi) is 5.04. The number of rotatable bonds is 4. The number of carbonyl (C=O) groups excluding carboxylic acids is 1. The number of aryl methyl sites for hydroxylation is 1. The largest absolute Gasteiger partial charge is 0.412 e. The molecule has 0 fully saturated rings. The molecule has 8 heteroatoms. The summed E-state index contributed by atoms with van der Waals surface area (Å²) in [5.74, 6) is -1.03. The predicted octanol–water partition coefficient (Wildman–Crippen LogP) is 5.09. The van der Waals surface area contributed by atoms with Gasteiger partial charge in [0.25, 0.3) is 11.6 Å². The standard InChI is InChI=1S/C20H15F3N2O3/c1-12-9-10-14(25(27)28)11-17(12)19(26)24-18(20(21,22)23)16-8-4-6-13-5-2-3-7-15(13)16/h2-11,18H,1H3,(H,24,26). The molecule has 0 aliphatic rings. The second-order valence-corrected chi connectivity index (χ2v) is 6.27. The lowest BCUT2D eigenvalue weighted by molar-refractivity contribution is -0.384. The molecule has 3 rings (SSSR count). The van der Waals surface area contributed by atoms with E-state index in [9.17, 15) is 28.1 Å². The van der Waals surface area contributed by atoms with E-state index in [2.05, 4.69) is 0 Å². The van der Waals surface area contributed by atoms with Gasteiger partial charge in [-0.2, -0.15) is 13.2 Å². The minimum atomic E-state index is -4.76. The van der Waals surface area contributed by atoms with Crippen molar-refractivity contribution >= 4 is 22.4 Å². The van der Waals surface area contributed by atoms with Crippen LogP contribution in [0.2, 0.25) is 0 Å². The molecule has 0 saturated carbocycles. The lowest BCUT2D eigenvalue weighted by Gasteiger charge is -2.24. The number of benzene rings is 3. The highest BCUT2D eigenvalue weighted by atomic mass is 19.4. The van der Waals surface area contributed by atoms with Crippen LogP contribution in [0.4, 0.5) is 18.9 Å². The monoisotopic (exact) mass is 388 g/mol. The highest BCUT2D eigenvalue weighted by Crippen LogP contribution is 2.36. The van der Waals surface area contributed by atoms with Crippen molar-refractivity contribution in [3.63, 3.8) is 0 Å². The third kappa shape index (κ3) is 3.80. The van der Waals surface area contributed by atoms with Crippen LogP contribution >= 0.6 is 0 Å². The molecule has 1 unspecified atom stereocenters. The summed E-state index contributed by atoms with van der Waals surface area (Å²) in [4.78, 5) is 22.8. The number of nitro groups is 1. The SMILES string of the molecule is Cc1ccc([N+](=O)[O-])cc1C(=O)NC(c1cccc2ccccc12)C(F)(F)F. The maximum atomic E-state index is 13.8. The molecule has 5 nitrogen and oxygen atoms in total. The van der Waals surface area contributed by atoms with E-state index in [-0.39, 0.29) is 16.8 Å². The molecule has 0 heterocycles. The van der Waals surface area contributed by atoms with E-state index in [1.165, 1.54) is 31.2 Å². The number of nitrogens with zero attached hydrogens (tertiary/aromatic N) is 1. The van der Waals surface area contributed by atoms with E-state index < -0.39 is 23.0 Å². The molecule has 1 amide bonds. The topological polar surface area (TPSA) is 72.2 Å². The van der Waals surface area contributed by atoms with Crippen molar-refractivity contribution in [2.24, 2.45) is 0 Å². The Bertz CT molecular complexity index is 1060. The molecule has 0 aliphatic carbocycles. The summed E-state index contributed by atoms with van der Waals surface area (Å²) >= 11 is 0. The van der Waals surface area contributed by atoms with E-state index >= 15 is 0 Å². The summed E-state index contributed by atoms with van der Waals surface area (Å²) in [7, 11) is 0. The number of halogens is 3. The van der Waals surface area contributed by atoms with Crippen LogP contribution in [-0.2, 0) is 0 Å². The smallest absolute Gasteiger partial charge is 0.337 e. The first-order valence-corrected chi connectivity index (χ1v) is 8.29. The molecule has 0 bridgehead atoms. The number of hydrogen-bond donors (Lipinski definition) is 1. The van der Waals surface area contributed by atoms with Crippen molar-refractivity contribution < 1.29 is 22.9 Å². The molecular weight excluding hydrogens is 373 g/mol. The maximum absolute atomic E-state index is 13.8. The summed E-state index contributed by atoms with van der Waals surface area (Å²) in [5.41, 5.74) is -0.308. The Morgan fingerprint density at radius 3 is 2.43 bits per heavy atom. The third-order valence-electron chi connectivity index (χ3n) is 4.41. The Balaban J connectivity index is 2.04. The van der Waals surface area contributed by atoms with Gasteiger partial charge >= 0.3 is 6.18 Å². The van der Waals surface area contributed by atoms with Crippen LogP contribution in [0.25, 0.3) is 10.8 Å². The Labute approximate surface area is 157 Å². The molecule has 0 aromatic heterocycles. The van der Waals surface area contributed by atoms with E-state index in [1.807, 2.05) is 5.32 Å². The van der Waals surface area contributed by atoms with Gasteiger partial charge in [-0.1, -0.05) is 48.5 Å². The molecule has 28 heavy (non-hydrogen) atoms. The third-order valence-corrected chi connectivity index (χ3v) is 4.41. The zero-order chi connectivity index (χ0) is 20.5. The summed E-state index contributed by atoms with van der Waals surface area (Å²) in [6.45, 7) is 1.50. The summed E-state index contributed by atoms with van der Waals surface area (Å²) in [5, 5.41) is 13.9. The summed E-state index contributed by atoms with van der Waals surface area (Å²) in [6.07, 6.45) is -4.76. The van der Waals surface area contributed by atoms with Gasteiger partial charge in [0.05, 0.1) is 4.92 Å². The van der Waals surface area contributed by atoms with Crippen LogP contribution in [0, 0.1) is 17.0 Å². The number of carbonyl (C=O) groups is 1. The number of fused-ring (bicyclic) bond motifs is 1. The molecule has 0 spiro atoms. The number of non-ortho nitro benzene ring substituents is 1. The van der Waals surface area contributed by atoms with Gasteiger partial charge in [0.2, 0.25) is 0 Å². The van der Waals surface area contributed by atoms with E-state index in [0.29, 0.717) is 16.3 Å². The van der Waals surface area contributed by atoms with E-state index in [4.69, 9.17) is 0 Å². The number of nitrogens with one attached hydrogen (secondary N) is 1. The van der Waals surface area contributed by atoms with E-state index in [0.717, 1.165) is 6.07 Å². The van der Waals surface area contributed by atoms with Crippen molar-refractivity contribution in [2.45, 2.75) is 19.1 Å². The molecular formula is C20H15F3N2O3. The second-order valence-electron chi connectivity index (χ2n) is 6.27. The van der Waals surface area contributed by atoms with Gasteiger partial charge in [-0.25, -0.2) is 0 Å². The van der Waals surface area contributed by atoms with Gasteiger partial charge < -0.3 is 5.32 Å².